The minimum absolute atomic E-state index is 0.00940. The van der Waals surface area contributed by atoms with E-state index in [1.54, 1.807) is 24.3 Å². The highest BCUT2D eigenvalue weighted by Crippen LogP contribution is 2.15. The highest BCUT2D eigenvalue weighted by molar-refractivity contribution is 6.30. The number of carbonyl (C=O) groups is 1. The predicted octanol–water partition coefficient (Wildman–Crippen LogP) is 1.35. The fraction of sp³-hybridized carbons (Fsp3) is 0.364. The zero-order valence-corrected chi connectivity index (χ0v) is 10.1. The van der Waals surface area contributed by atoms with Gasteiger partial charge in [0.1, 0.15) is 5.75 Å². The van der Waals surface area contributed by atoms with Gasteiger partial charge in [-0.1, -0.05) is 11.6 Å². The summed E-state index contributed by atoms with van der Waals surface area (Å²) < 4.78 is 5.27. The van der Waals surface area contributed by atoms with E-state index in [2.05, 4.69) is 5.32 Å². The number of rotatable bonds is 5. The Labute approximate surface area is 100 Å². The standard InChI is InChI=1S/C11H15ClN2O2/c1-14(2)8-13-11(15)7-16-10-5-3-9(12)4-6-10/h3-6H,7-8H2,1-2H3,(H,13,15). The molecular weight excluding hydrogens is 228 g/mol. The molecule has 1 aromatic carbocycles. The SMILES string of the molecule is CN(C)CNC(=O)COc1ccc(Cl)cc1. The normalized spacial score (nSPS) is 10.2. The van der Waals surface area contributed by atoms with E-state index >= 15 is 0 Å². The second kappa shape index (κ2) is 6.35. The summed E-state index contributed by atoms with van der Waals surface area (Å²) >= 11 is 5.72. The molecule has 0 heterocycles. The number of hydrogen-bond donors (Lipinski definition) is 1. The zero-order valence-electron chi connectivity index (χ0n) is 9.37. The van der Waals surface area contributed by atoms with Crippen LogP contribution in [0.15, 0.2) is 24.3 Å². The van der Waals surface area contributed by atoms with Crippen LogP contribution in [-0.2, 0) is 4.79 Å². The number of amides is 1. The molecular formula is C11H15ClN2O2. The summed E-state index contributed by atoms with van der Waals surface area (Å²) in [4.78, 5) is 13.2. The number of nitrogens with one attached hydrogen (secondary N) is 1. The van der Waals surface area contributed by atoms with E-state index in [1.807, 2.05) is 19.0 Å². The van der Waals surface area contributed by atoms with Gasteiger partial charge in [0.05, 0.1) is 6.67 Å². The Balaban J connectivity index is 2.29. The number of halogens is 1. The Bertz CT molecular complexity index is 338. The van der Waals surface area contributed by atoms with Crippen molar-refractivity contribution in [2.75, 3.05) is 27.4 Å². The molecule has 1 aromatic rings. The quantitative estimate of drug-likeness (QED) is 0.793. The van der Waals surface area contributed by atoms with Crippen LogP contribution >= 0.6 is 11.6 Å². The largest absolute Gasteiger partial charge is 0.484 e. The lowest BCUT2D eigenvalue weighted by Gasteiger charge is -2.11. The fourth-order valence-electron chi connectivity index (χ4n) is 0.977. The van der Waals surface area contributed by atoms with Crippen molar-refractivity contribution >= 4 is 17.5 Å². The zero-order chi connectivity index (χ0) is 12.0. The van der Waals surface area contributed by atoms with Gasteiger partial charge in [0.2, 0.25) is 0 Å². The van der Waals surface area contributed by atoms with Crippen LogP contribution in [0.1, 0.15) is 0 Å². The Hall–Kier alpha value is -1.26. The Morgan fingerprint density at radius 2 is 2.00 bits per heavy atom. The molecule has 5 heteroatoms. The first-order chi connectivity index (χ1) is 7.58. The summed E-state index contributed by atoms with van der Waals surface area (Å²) in [5.41, 5.74) is 0. The van der Waals surface area contributed by atoms with Gasteiger partial charge in [-0.3, -0.25) is 9.69 Å². The first kappa shape index (κ1) is 12.8. The maximum absolute atomic E-state index is 11.3. The average molecular weight is 243 g/mol. The third-order valence-corrected chi connectivity index (χ3v) is 2.03. The summed E-state index contributed by atoms with van der Waals surface area (Å²) in [7, 11) is 3.75. The van der Waals surface area contributed by atoms with Gasteiger partial charge in [-0.2, -0.15) is 0 Å². The van der Waals surface area contributed by atoms with Crippen molar-refractivity contribution in [2.45, 2.75) is 0 Å². The molecule has 0 bridgehead atoms. The van der Waals surface area contributed by atoms with Crippen molar-refractivity contribution in [1.82, 2.24) is 10.2 Å². The Morgan fingerprint density at radius 3 is 2.56 bits per heavy atom. The van der Waals surface area contributed by atoms with Gasteiger partial charge < -0.3 is 10.1 Å². The number of ether oxygens (including phenoxy) is 1. The highest BCUT2D eigenvalue weighted by Gasteiger charge is 2.02. The molecule has 0 aliphatic rings. The molecule has 0 saturated carbocycles. The second-order valence-corrected chi connectivity index (χ2v) is 4.02. The van der Waals surface area contributed by atoms with E-state index in [-0.39, 0.29) is 12.5 Å². The minimum atomic E-state index is -0.149. The molecule has 0 atom stereocenters. The lowest BCUT2D eigenvalue weighted by Crippen LogP contribution is -2.36. The summed E-state index contributed by atoms with van der Waals surface area (Å²) in [6, 6.07) is 6.88. The lowest BCUT2D eigenvalue weighted by molar-refractivity contribution is -0.123. The molecule has 88 valence electrons. The molecule has 0 aliphatic heterocycles. The van der Waals surface area contributed by atoms with Crippen molar-refractivity contribution in [3.8, 4) is 5.75 Å². The first-order valence-corrected chi connectivity index (χ1v) is 5.25. The van der Waals surface area contributed by atoms with Gasteiger partial charge in [-0.15, -0.1) is 0 Å². The number of nitrogens with zero attached hydrogens (tertiary/aromatic N) is 1. The van der Waals surface area contributed by atoms with Crippen molar-refractivity contribution in [3.05, 3.63) is 29.3 Å². The molecule has 4 nitrogen and oxygen atoms in total. The van der Waals surface area contributed by atoms with E-state index < -0.39 is 0 Å². The third-order valence-electron chi connectivity index (χ3n) is 1.78. The molecule has 0 spiro atoms. The van der Waals surface area contributed by atoms with Crippen LogP contribution in [0.3, 0.4) is 0 Å². The maximum Gasteiger partial charge on any atom is 0.258 e. The van der Waals surface area contributed by atoms with Gasteiger partial charge in [-0.25, -0.2) is 0 Å². The van der Waals surface area contributed by atoms with Crippen molar-refractivity contribution in [2.24, 2.45) is 0 Å². The average Bonchev–Trinajstić information content (AvgIpc) is 2.25. The molecule has 16 heavy (non-hydrogen) atoms. The van der Waals surface area contributed by atoms with Gasteiger partial charge in [0.15, 0.2) is 6.61 Å². The van der Waals surface area contributed by atoms with E-state index in [0.717, 1.165) is 0 Å². The molecule has 0 aliphatic carbocycles. The van der Waals surface area contributed by atoms with Crippen molar-refractivity contribution in [3.63, 3.8) is 0 Å². The van der Waals surface area contributed by atoms with Gasteiger partial charge in [-0.05, 0) is 38.4 Å². The summed E-state index contributed by atoms with van der Waals surface area (Å²) in [6.07, 6.45) is 0. The number of hydrogen-bond acceptors (Lipinski definition) is 3. The summed E-state index contributed by atoms with van der Waals surface area (Å²) in [5.74, 6) is 0.480. The first-order valence-electron chi connectivity index (χ1n) is 4.88. The number of carbonyl (C=O) groups excluding carboxylic acids is 1. The van der Waals surface area contributed by atoms with Gasteiger partial charge >= 0.3 is 0 Å². The lowest BCUT2D eigenvalue weighted by atomic mass is 10.3. The van der Waals surface area contributed by atoms with Crippen molar-refractivity contribution < 1.29 is 9.53 Å². The van der Waals surface area contributed by atoms with E-state index in [4.69, 9.17) is 16.3 Å². The monoisotopic (exact) mass is 242 g/mol. The smallest absolute Gasteiger partial charge is 0.258 e. The van der Waals surface area contributed by atoms with Crippen molar-refractivity contribution in [1.29, 1.82) is 0 Å². The Morgan fingerprint density at radius 1 is 1.38 bits per heavy atom. The second-order valence-electron chi connectivity index (χ2n) is 3.58. The molecule has 0 radical (unpaired) electrons. The molecule has 0 fully saturated rings. The third kappa shape index (κ3) is 5.00. The maximum atomic E-state index is 11.3. The fourth-order valence-corrected chi connectivity index (χ4v) is 1.10. The van der Waals surface area contributed by atoms with Crippen LogP contribution in [0.5, 0.6) is 5.75 Å². The molecule has 0 aromatic heterocycles. The van der Waals surface area contributed by atoms with E-state index in [9.17, 15) is 4.79 Å². The van der Waals surface area contributed by atoms with E-state index in [0.29, 0.717) is 17.4 Å². The van der Waals surface area contributed by atoms with Gasteiger partial charge in [0, 0.05) is 5.02 Å². The Kier molecular flexibility index (Phi) is 5.08. The minimum Gasteiger partial charge on any atom is -0.484 e. The topological polar surface area (TPSA) is 41.6 Å². The summed E-state index contributed by atoms with van der Waals surface area (Å²) in [5, 5.41) is 3.34. The number of benzene rings is 1. The molecule has 0 unspecified atom stereocenters. The van der Waals surface area contributed by atoms with E-state index in [1.165, 1.54) is 0 Å². The van der Waals surface area contributed by atoms with Crippen LogP contribution in [0.4, 0.5) is 0 Å². The van der Waals surface area contributed by atoms with Crippen LogP contribution in [0.25, 0.3) is 0 Å². The summed E-state index contributed by atoms with van der Waals surface area (Å²) in [6.45, 7) is 0.512. The predicted molar refractivity (Wildman–Crippen MR) is 63.6 cm³/mol. The highest BCUT2D eigenvalue weighted by atomic mass is 35.5. The van der Waals surface area contributed by atoms with Gasteiger partial charge in [0.25, 0.3) is 5.91 Å². The molecule has 1 amide bonds. The van der Waals surface area contributed by atoms with Crippen LogP contribution in [0.2, 0.25) is 5.02 Å². The van der Waals surface area contributed by atoms with Crippen LogP contribution in [0, 0.1) is 0 Å². The molecule has 1 rings (SSSR count). The molecule has 0 saturated heterocycles. The van der Waals surface area contributed by atoms with Crippen LogP contribution < -0.4 is 10.1 Å². The molecule has 1 N–H and O–H groups in total. The van der Waals surface area contributed by atoms with Crippen LogP contribution in [-0.4, -0.2) is 38.2 Å².